The third-order valence-corrected chi connectivity index (χ3v) is 5.11. The van der Waals surface area contributed by atoms with E-state index < -0.39 is 0 Å². The van der Waals surface area contributed by atoms with E-state index in [1.165, 1.54) is 11.3 Å². The van der Waals surface area contributed by atoms with Crippen LogP contribution in [0.25, 0.3) is 10.9 Å². The standard InChI is InChI=1S/C21H24N4O/c1-15-6-8-17(9-7-15)25-12-10-16(11-13-25)22-14-20-23-19-5-3-2-4-18(19)21(26)24-20/h2-9,16,22H,10-14H2,1H3,(H,23,24,26). The summed E-state index contributed by atoms with van der Waals surface area (Å²) >= 11 is 0. The molecule has 0 radical (unpaired) electrons. The van der Waals surface area contributed by atoms with Gasteiger partial charge in [0.2, 0.25) is 0 Å². The Kier molecular flexibility index (Phi) is 4.71. The van der Waals surface area contributed by atoms with Crippen LogP contribution in [0.5, 0.6) is 0 Å². The summed E-state index contributed by atoms with van der Waals surface area (Å²) in [5.74, 6) is 0.703. The molecular weight excluding hydrogens is 324 g/mol. The predicted octanol–water partition coefficient (Wildman–Crippen LogP) is 2.99. The number of hydrogen-bond acceptors (Lipinski definition) is 4. The summed E-state index contributed by atoms with van der Waals surface area (Å²) in [6.45, 7) is 4.80. The Bertz CT molecular complexity index is 940. The summed E-state index contributed by atoms with van der Waals surface area (Å²) in [7, 11) is 0. The van der Waals surface area contributed by atoms with Crippen molar-refractivity contribution in [2.24, 2.45) is 0 Å². The van der Waals surface area contributed by atoms with Crippen molar-refractivity contribution in [3.63, 3.8) is 0 Å². The van der Waals surface area contributed by atoms with E-state index in [1.807, 2.05) is 18.2 Å². The summed E-state index contributed by atoms with van der Waals surface area (Å²) in [5.41, 5.74) is 3.28. The molecule has 2 N–H and O–H groups in total. The molecule has 0 saturated carbocycles. The number of piperidine rings is 1. The Morgan fingerprint density at radius 2 is 1.85 bits per heavy atom. The zero-order chi connectivity index (χ0) is 17.9. The molecule has 1 fully saturated rings. The van der Waals surface area contributed by atoms with Gasteiger partial charge in [-0.25, -0.2) is 4.98 Å². The van der Waals surface area contributed by atoms with Crippen molar-refractivity contribution in [2.45, 2.75) is 32.4 Å². The predicted molar refractivity (Wildman–Crippen MR) is 106 cm³/mol. The number of aromatic nitrogens is 2. The highest BCUT2D eigenvalue weighted by atomic mass is 16.1. The van der Waals surface area contributed by atoms with Gasteiger partial charge >= 0.3 is 0 Å². The van der Waals surface area contributed by atoms with Crippen molar-refractivity contribution >= 4 is 16.6 Å². The molecule has 0 bridgehead atoms. The van der Waals surface area contributed by atoms with Crippen LogP contribution in [0.1, 0.15) is 24.2 Å². The van der Waals surface area contributed by atoms with Crippen molar-refractivity contribution in [3.8, 4) is 0 Å². The molecule has 0 aliphatic carbocycles. The van der Waals surface area contributed by atoms with Crippen molar-refractivity contribution in [1.29, 1.82) is 0 Å². The van der Waals surface area contributed by atoms with Crippen LogP contribution in [-0.2, 0) is 6.54 Å². The maximum Gasteiger partial charge on any atom is 0.258 e. The lowest BCUT2D eigenvalue weighted by atomic mass is 10.0. The molecule has 0 unspecified atom stereocenters. The van der Waals surface area contributed by atoms with Gasteiger partial charge in [0.15, 0.2) is 0 Å². The van der Waals surface area contributed by atoms with Crippen LogP contribution in [0.2, 0.25) is 0 Å². The second-order valence-electron chi connectivity index (χ2n) is 7.01. The lowest BCUT2D eigenvalue weighted by molar-refractivity contribution is 0.410. The summed E-state index contributed by atoms with van der Waals surface area (Å²) in [6, 6.07) is 16.6. The highest BCUT2D eigenvalue weighted by Crippen LogP contribution is 2.20. The number of anilines is 1. The Balaban J connectivity index is 1.35. The van der Waals surface area contributed by atoms with Gasteiger partial charge in [0, 0.05) is 24.8 Å². The second-order valence-corrected chi connectivity index (χ2v) is 7.01. The van der Waals surface area contributed by atoms with Gasteiger partial charge in [0.25, 0.3) is 5.56 Å². The molecule has 3 aromatic rings. The van der Waals surface area contributed by atoms with Crippen molar-refractivity contribution in [2.75, 3.05) is 18.0 Å². The van der Waals surface area contributed by atoms with Crippen LogP contribution in [0.4, 0.5) is 5.69 Å². The van der Waals surface area contributed by atoms with Gasteiger partial charge in [-0.05, 0) is 44.0 Å². The normalized spacial score (nSPS) is 15.5. The maximum absolute atomic E-state index is 12.1. The number of para-hydroxylation sites is 1. The highest BCUT2D eigenvalue weighted by Gasteiger charge is 2.19. The molecule has 1 aromatic heterocycles. The number of benzene rings is 2. The SMILES string of the molecule is Cc1ccc(N2CCC(NCc3nc4ccccc4c(=O)[nH]3)CC2)cc1. The minimum atomic E-state index is -0.0680. The number of nitrogens with one attached hydrogen (secondary N) is 2. The molecule has 0 atom stereocenters. The minimum absolute atomic E-state index is 0.0680. The molecule has 0 spiro atoms. The first-order valence-corrected chi connectivity index (χ1v) is 9.22. The van der Waals surface area contributed by atoms with Gasteiger partial charge in [-0.3, -0.25) is 4.79 Å². The van der Waals surface area contributed by atoms with Gasteiger partial charge < -0.3 is 15.2 Å². The number of fused-ring (bicyclic) bond motifs is 1. The molecule has 1 saturated heterocycles. The highest BCUT2D eigenvalue weighted by molar-refractivity contribution is 5.77. The van der Waals surface area contributed by atoms with E-state index in [-0.39, 0.29) is 5.56 Å². The van der Waals surface area contributed by atoms with Crippen LogP contribution in [0.15, 0.2) is 53.3 Å². The Morgan fingerprint density at radius 1 is 1.12 bits per heavy atom. The fourth-order valence-corrected chi connectivity index (χ4v) is 3.56. The zero-order valence-electron chi connectivity index (χ0n) is 15.0. The average molecular weight is 348 g/mol. The fourth-order valence-electron chi connectivity index (χ4n) is 3.56. The molecular formula is C21H24N4O. The van der Waals surface area contributed by atoms with Crippen LogP contribution in [0.3, 0.4) is 0 Å². The van der Waals surface area contributed by atoms with Crippen LogP contribution >= 0.6 is 0 Å². The molecule has 5 nitrogen and oxygen atoms in total. The quantitative estimate of drug-likeness (QED) is 0.761. The summed E-state index contributed by atoms with van der Waals surface area (Å²) in [6.07, 6.45) is 2.18. The number of hydrogen-bond donors (Lipinski definition) is 2. The molecule has 2 heterocycles. The molecule has 134 valence electrons. The molecule has 0 amide bonds. The van der Waals surface area contributed by atoms with Crippen molar-refractivity contribution < 1.29 is 0 Å². The summed E-state index contributed by atoms with van der Waals surface area (Å²) in [4.78, 5) is 22.0. The van der Waals surface area contributed by atoms with Crippen LogP contribution < -0.4 is 15.8 Å². The molecule has 1 aliphatic rings. The largest absolute Gasteiger partial charge is 0.371 e. The van der Waals surface area contributed by atoms with Gasteiger partial charge in [0.05, 0.1) is 17.4 Å². The summed E-state index contributed by atoms with van der Waals surface area (Å²) < 4.78 is 0. The first-order chi connectivity index (χ1) is 12.7. The van der Waals surface area contributed by atoms with Crippen LogP contribution in [-0.4, -0.2) is 29.1 Å². The van der Waals surface area contributed by atoms with Gasteiger partial charge in [-0.1, -0.05) is 29.8 Å². The third kappa shape index (κ3) is 3.63. The van der Waals surface area contributed by atoms with E-state index >= 15 is 0 Å². The van der Waals surface area contributed by atoms with Crippen molar-refractivity contribution in [1.82, 2.24) is 15.3 Å². The molecule has 2 aromatic carbocycles. The van der Waals surface area contributed by atoms with Gasteiger partial charge in [-0.2, -0.15) is 0 Å². The number of aryl methyl sites for hydroxylation is 1. The molecule has 5 heteroatoms. The smallest absolute Gasteiger partial charge is 0.258 e. The molecule has 26 heavy (non-hydrogen) atoms. The minimum Gasteiger partial charge on any atom is -0.371 e. The van der Waals surface area contributed by atoms with E-state index in [2.05, 4.69) is 51.4 Å². The van der Waals surface area contributed by atoms with Gasteiger partial charge in [-0.15, -0.1) is 0 Å². The Hall–Kier alpha value is -2.66. The lowest BCUT2D eigenvalue weighted by Crippen LogP contribution is -2.42. The van der Waals surface area contributed by atoms with Crippen molar-refractivity contribution in [3.05, 3.63) is 70.3 Å². The monoisotopic (exact) mass is 348 g/mol. The number of nitrogens with zero attached hydrogens (tertiary/aromatic N) is 2. The van der Waals surface area contributed by atoms with E-state index in [0.717, 1.165) is 31.4 Å². The summed E-state index contributed by atoms with van der Waals surface area (Å²) in [5, 5.41) is 4.19. The Labute approximate surface area is 153 Å². The second kappa shape index (κ2) is 7.30. The first kappa shape index (κ1) is 16.8. The third-order valence-electron chi connectivity index (χ3n) is 5.11. The fraction of sp³-hybridized carbons (Fsp3) is 0.333. The topological polar surface area (TPSA) is 61.0 Å². The lowest BCUT2D eigenvalue weighted by Gasteiger charge is -2.34. The zero-order valence-corrected chi connectivity index (χ0v) is 15.0. The maximum atomic E-state index is 12.1. The van der Waals surface area contributed by atoms with E-state index in [1.54, 1.807) is 6.07 Å². The van der Waals surface area contributed by atoms with E-state index in [9.17, 15) is 4.79 Å². The number of aromatic amines is 1. The van der Waals surface area contributed by atoms with Gasteiger partial charge in [0.1, 0.15) is 5.82 Å². The number of rotatable bonds is 4. The molecule has 4 rings (SSSR count). The van der Waals surface area contributed by atoms with Crippen LogP contribution in [0, 0.1) is 6.92 Å². The first-order valence-electron chi connectivity index (χ1n) is 9.22. The van der Waals surface area contributed by atoms with E-state index in [4.69, 9.17) is 0 Å². The van der Waals surface area contributed by atoms with E-state index in [0.29, 0.717) is 23.8 Å². The average Bonchev–Trinajstić information content (AvgIpc) is 2.68. The molecule has 1 aliphatic heterocycles. The number of H-pyrrole nitrogens is 1. The Morgan fingerprint density at radius 3 is 2.62 bits per heavy atom.